The Morgan fingerprint density at radius 3 is 2.07 bits per heavy atom. The van der Waals surface area contributed by atoms with E-state index >= 15 is 0 Å². The SMILES string of the molecule is Cl.Cl.c1ccc(-c2ccncc2)nc1. The van der Waals surface area contributed by atoms with E-state index in [4.69, 9.17) is 0 Å². The Bertz CT molecular complexity index is 314. The number of aromatic nitrogens is 2. The fraction of sp³-hybridized carbons (Fsp3) is 0. The van der Waals surface area contributed by atoms with Gasteiger partial charge < -0.3 is 0 Å². The largest absolute Gasteiger partial charge is 0.265 e. The molecule has 14 heavy (non-hydrogen) atoms. The van der Waals surface area contributed by atoms with Crippen molar-refractivity contribution in [2.75, 3.05) is 0 Å². The van der Waals surface area contributed by atoms with Crippen LogP contribution in [0.4, 0.5) is 0 Å². The highest BCUT2D eigenvalue weighted by Gasteiger charge is 1.94. The average Bonchev–Trinajstić information content (AvgIpc) is 2.21. The molecule has 0 aliphatic carbocycles. The number of halogens is 2. The Balaban J connectivity index is 0.000000845. The highest BCUT2D eigenvalue weighted by Crippen LogP contribution is 2.13. The third kappa shape index (κ3) is 2.98. The smallest absolute Gasteiger partial charge is 0.0703 e. The summed E-state index contributed by atoms with van der Waals surface area (Å²) in [4.78, 5) is 8.16. The van der Waals surface area contributed by atoms with Crippen molar-refractivity contribution in [1.29, 1.82) is 0 Å². The first-order valence-electron chi connectivity index (χ1n) is 3.78. The van der Waals surface area contributed by atoms with Crippen molar-refractivity contribution in [3.05, 3.63) is 48.9 Å². The van der Waals surface area contributed by atoms with Crippen LogP contribution in [-0.2, 0) is 0 Å². The zero-order valence-corrected chi connectivity index (χ0v) is 8.96. The van der Waals surface area contributed by atoms with E-state index in [-0.39, 0.29) is 24.8 Å². The molecule has 2 rings (SSSR count). The van der Waals surface area contributed by atoms with Crippen LogP contribution in [0.25, 0.3) is 11.3 Å². The second-order valence-electron chi connectivity index (χ2n) is 2.45. The van der Waals surface area contributed by atoms with E-state index in [1.54, 1.807) is 18.6 Å². The van der Waals surface area contributed by atoms with E-state index in [0.717, 1.165) is 11.3 Å². The van der Waals surface area contributed by atoms with Crippen molar-refractivity contribution in [2.24, 2.45) is 0 Å². The fourth-order valence-electron chi connectivity index (χ4n) is 1.06. The number of rotatable bonds is 1. The lowest BCUT2D eigenvalue weighted by atomic mass is 10.2. The summed E-state index contributed by atoms with van der Waals surface area (Å²) in [6.07, 6.45) is 5.32. The quantitative estimate of drug-likeness (QED) is 0.751. The van der Waals surface area contributed by atoms with Gasteiger partial charge in [-0.15, -0.1) is 24.8 Å². The van der Waals surface area contributed by atoms with E-state index in [2.05, 4.69) is 9.97 Å². The Morgan fingerprint density at radius 2 is 1.50 bits per heavy atom. The normalized spacial score (nSPS) is 8.29. The molecule has 0 atom stereocenters. The van der Waals surface area contributed by atoms with E-state index in [1.807, 2.05) is 30.3 Å². The molecule has 0 bridgehead atoms. The number of nitrogens with zero attached hydrogens (tertiary/aromatic N) is 2. The molecule has 2 heterocycles. The van der Waals surface area contributed by atoms with Gasteiger partial charge >= 0.3 is 0 Å². The van der Waals surface area contributed by atoms with Crippen LogP contribution in [0.3, 0.4) is 0 Å². The zero-order chi connectivity index (χ0) is 8.23. The molecule has 0 aliphatic heterocycles. The van der Waals surface area contributed by atoms with Gasteiger partial charge in [-0.3, -0.25) is 9.97 Å². The van der Waals surface area contributed by atoms with Gasteiger partial charge in [0.15, 0.2) is 0 Å². The van der Waals surface area contributed by atoms with Gasteiger partial charge in [-0.2, -0.15) is 0 Å². The van der Waals surface area contributed by atoms with Crippen molar-refractivity contribution in [2.45, 2.75) is 0 Å². The van der Waals surface area contributed by atoms with Gasteiger partial charge in [-0.25, -0.2) is 0 Å². The monoisotopic (exact) mass is 228 g/mol. The lowest BCUT2D eigenvalue weighted by Gasteiger charge is -1.96. The topological polar surface area (TPSA) is 25.8 Å². The lowest BCUT2D eigenvalue weighted by molar-refractivity contribution is 1.29. The summed E-state index contributed by atoms with van der Waals surface area (Å²) in [6, 6.07) is 9.76. The van der Waals surface area contributed by atoms with Gasteiger partial charge in [0, 0.05) is 24.2 Å². The van der Waals surface area contributed by atoms with Crippen LogP contribution in [-0.4, -0.2) is 9.97 Å². The molecule has 0 N–H and O–H groups in total. The third-order valence-corrected chi connectivity index (χ3v) is 1.64. The molecule has 0 spiro atoms. The first-order chi connectivity index (χ1) is 5.97. The Labute approximate surface area is 95.2 Å². The van der Waals surface area contributed by atoms with Crippen LogP contribution >= 0.6 is 24.8 Å². The van der Waals surface area contributed by atoms with Crippen LogP contribution in [0.1, 0.15) is 0 Å². The summed E-state index contributed by atoms with van der Waals surface area (Å²) in [5.41, 5.74) is 2.09. The number of hydrogen-bond donors (Lipinski definition) is 0. The van der Waals surface area contributed by atoms with Gasteiger partial charge in [0.1, 0.15) is 0 Å². The van der Waals surface area contributed by atoms with Crippen LogP contribution in [0, 0.1) is 0 Å². The Hall–Kier alpha value is -1.12. The molecule has 0 saturated carbocycles. The molecular weight excluding hydrogens is 219 g/mol. The molecule has 0 aromatic carbocycles. The summed E-state index contributed by atoms with van der Waals surface area (Å²) < 4.78 is 0. The molecule has 0 amide bonds. The van der Waals surface area contributed by atoms with Crippen molar-refractivity contribution in [3.63, 3.8) is 0 Å². The second-order valence-corrected chi connectivity index (χ2v) is 2.45. The lowest BCUT2D eigenvalue weighted by Crippen LogP contribution is -1.80. The van der Waals surface area contributed by atoms with Crippen molar-refractivity contribution in [3.8, 4) is 11.3 Å². The summed E-state index contributed by atoms with van der Waals surface area (Å²) in [5.74, 6) is 0. The summed E-state index contributed by atoms with van der Waals surface area (Å²) >= 11 is 0. The molecule has 2 aromatic rings. The maximum Gasteiger partial charge on any atom is 0.0703 e. The summed E-state index contributed by atoms with van der Waals surface area (Å²) in [5, 5.41) is 0. The van der Waals surface area contributed by atoms with Crippen molar-refractivity contribution in [1.82, 2.24) is 9.97 Å². The number of hydrogen-bond acceptors (Lipinski definition) is 2. The van der Waals surface area contributed by atoms with Crippen molar-refractivity contribution >= 4 is 24.8 Å². The predicted octanol–water partition coefficient (Wildman–Crippen LogP) is 2.99. The Kier molecular flexibility index (Phi) is 5.84. The summed E-state index contributed by atoms with van der Waals surface area (Å²) in [6.45, 7) is 0. The first-order valence-corrected chi connectivity index (χ1v) is 3.78. The molecule has 0 radical (unpaired) electrons. The highest BCUT2D eigenvalue weighted by atomic mass is 35.5. The number of pyridine rings is 2. The second kappa shape index (κ2) is 6.35. The Morgan fingerprint density at radius 1 is 0.786 bits per heavy atom. The maximum absolute atomic E-state index is 4.22. The minimum absolute atomic E-state index is 0. The predicted molar refractivity (Wildman–Crippen MR) is 62.0 cm³/mol. The molecule has 2 nitrogen and oxygen atoms in total. The molecule has 0 saturated heterocycles. The van der Waals surface area contributed by atoms with E-state index < -0.39 is 0 Å². The molecule has 0 unspecified atom stereocenters. The minimum Gasteiger partial charge on any atom is -0.265 e. The molecular formula is C10H10Cl2N2. The van der Waals surface area contributed by atoms with Crippen molar-refractivity contribution < 1.29 is 0 Å². The first kappa shape index (κ1) is 12.9. The zero-order valence-electron chi connectivity index (χ0n) is 7.33. The van der Waals surface area contributed by atoms with E-state index in [9.17, 15) is 0 Å². The third-order valence-electron chi connectivity index (χ3n) is 1.64. The fourth-order valence-corrected chi connectivity index (χ4v) is 1.06. The van der Waals surface area contributed by atoms with Crippen LogP contribution in [0.5, 0.6) is 0 Å². The molecule has 74 valence electrons. The van der Waals surface area contributed by atoms with Gasteiger partial charge in [0.05, 0.1) is 5.69 Å². The molecule has 4 heteroatoms. The van der Waals surface area contributed by atoms with Crippen LogP contribution < -0.4 is 0 Å². The molecule has 0 aliphatic rings. The summed E-state index contributed by atoms with van der Waals surface area (Å²) in [7, 11) is 0. The van der Waals surface area contributed by atoms with Gasteiger partial charge in [-0.1, -0.05) is 6.07 Å². The minimum atomic E-state index is 0. The van der Waals surface area contributed by atoms with E-state index in [1.165, 1.54) is 0 Å². The van der Waals surface area contributed by atoms with Gasteiger partial charge in [-0.05, 0) is 24.3 Å². The van der Waals surface area contributed by atoms with Crippen LogP contribution in [0.15, 0.2) is 48.9 Å². The van der Waals surface area contributed by atoms with Crippen LogP contribution in [0.2, 0.25) is 0 Å². The molecule has 2 aromatic heterocycles. The average molecular weight is 229 g/mol. The molecule has 0 fully saturated rings. The maximum atomic E-state index is 4.22. The standard InChI is InChI=1S/C10H8N2.2ClH/c1-2-6-12-10(3-1)9-4-7-11-8-5-9;;/h1-8H;2*1H. The van der Waals surface area contributed by atoms with E-state index in [0.29, 0.717) is 0 Å². The highest BCUT2D eigenvalue weighted by molar-refractivity contribution is 5.85. The van der Waals surface area contributed by atoms with Gasteiger partial charge in [0.2, 0.25) is 0 Å². The van der Waals surface area contributed by atoms with Gasteiger partial charge in [0.25, 0.3) is 0 Å².